The van der Waals surface area contributed by atoms with Crippen LogP contribution in [0.1, 0.15) is 84.0 Å². The van der Waals surface area contributed by atoms with Crippen LogP contribution in [-0.2, 0) is 25.7 Å². The lowest BCUT2D eigenvalue weighted by Gasteiger charge is -2.26. The Labute approximate surface area is 365 Å². The summed E-state index contributed by atoms with van der Waals surface area (Å²) in [6.45, 7) is 4.52. The van der Waals surface area contributed by atoms with Crippen LogP contribution in [0.4, 0.5) is 32.8 Å². The normalized spacial score (nSPS) is 11.3. The molecule has 0 saturated carbocycles. The molecular formula is C56H54N2S2. The van der Waals surface area contributed by atoms with Crippen molar-refractivity contribution in [3.63, 3.8) is 0 Å². The molecule has 0 bridgehead atoms. The third-order valence-corrected chi connectivity index (χ3v) is 13.0. The van der Waals surface area contributed by atoms with Crippen molar-refractivity contribution in [2.45, 2.75) is 65.2 Å². The number of thiophene rings is 2. The average molecular weight is 819 g/mol. The summed E-state index contributed by atoms with van der Waals surface area (Å²) in [4.78, 5) is 4.87. The first-order valence-electron chi connectivity index (χ1n) is 21.5. The van der Waals surface area contributed by atoms with Gasteiger partial charge in [-0.25, -0.2) is 0 Å². The van der Waals surface area contributed by atoms with Gasteiger partial charge in [-0.3, -0.25) is 0 Å². The standard InChI is InChI=1S/C56H54N2S2/c1-3-5-13-43-21-29-51(30-22-43)57(55-49(37-39-59-55)41-47-15-9-7-10-16-47)53-33-25-45(26-34-53)19-20-46-27-35-54(36-28-46)58(52-31-23-44(24-32-52)14-6-4-2)56-50(38-40-60-56)42-48-17-11-8-12-18-48/h7-12,15-40H,3-6,13-14,41-42H2,1-2H3. The predicted molar refractivity (Wildman–Crippen MR) is 263 cm³/mol. The summed E-state index contributed by atoms with van der Waals surface area (Å²) < 4.78 is 0. The number of unbranched alkanes of at least 4 members (excludes halogenated alkanes) is 2. The summed E-state index contributed by atoms with van der Waals surface area (Å²) in [5.74, 6) is 0. The van der Waals surface area contributed by atoms with E-state index >= 15 is 0 Å². The zero-order valence-corrected chi connectivity index (χ0v) is 36.5. The Bertz CT molecular complexity index is 2350. The van der Waals surface area contributed by atoms with E-state index in [1.165, 1.54) is 91.6 Å². The highest BCUT2D eigenvalue weighted by Crippen LogP contribution is 2.43. The maximum absolute atomic E-state index is 2.43. The maximum Gasteiger partial charge on any atom is 0.104 e. The molecule has 2 nitrogen and oxygen atoms in total. The maximum atomic E-state index is 2.43. The van der Waals surface area contributed by atoms with Crippen LogP contribution in [0, 0.1) is 0 Å². The molecule has 8 aromatic rings. The van der Waals surface area contributed by atoms with Gasteiger partial charge in [0.1, 0.15) is 10.0 Å². The number of aryl methyl sites for hydroxylation is 2. The molecule has 2 aromatic heterocycles. The Kier molecular flexibility index (Phi) is 13.8. The van der Waals surface area contributed by atoms with Crippen LogP contribution >= 0.6 is 22.7 Å². The Morgan fingerprint density at radius 3 is 1.08 bits per heavy atom. The minimum atomic E-state index is 0.898. The zero-order chi connectivity index (χ0) is 40.9. The average Bonchev–Trinajstić information content (AvgIpc) is 3.96. The third kappa shape index (κ3) is 10.3. The van der Waals surface area contributed by atoms with Gasteiger partial charge in [0.2, 0.25) is 0 Å². The zero-order valence-electron chi connectivity index (χ0n) is 34.8. The predicted octanol–water partition coefficient (Wildman–Crippen LogP) is 16.8. The van der Waals surface area contributed by atoms with E-state index in [4.69, 9.17) is 0 Å². The van der Waals surface area contributed by atoms with Crippen LogP contribution in [-0.4, -0.2) is 0 Å². The highest BCUT2D eigenvalue weighted by Gasteiger charge is 2.20. The van der Waals surface area contributed by atoms with E-state index in [1.807, 2.05) is 22.7 Å². The molecule has 300 valence electrons. The summed E-state index contributed by atoms with van der Waals surface area (Å²) in [7, 11) is 0. The van der Waals surface area contributed by atoms with Crippen LogP contribution in [0.2, 0.25) is 0 Å². The van der Waals surface area contributed by atoms with Gasteiger partial charge in [0.25, 0.3) is 0 Å². The molecule has 60 heavy (non-hydrogen) atoms. The number of anilines is 6. The van der Waals surface area contributed by atoms with E-state index in [1.54, 1.807) is 0 Å². The topological polar surface area (TPSA) is 6.48 Å². The molecule has 2 heterocycles. The van der Waals surface area contributed by atoms with Crippen molar-refractivity contribution in [1.82, 2.24) is 0 Å². The van der Waals surface area contributed by atoms with Gasteiger partial charge in [-0.1, -0.05) is 148 Å². The lowest BCUT2D eigenvalue weighted by molar-refractivity contribution is 0.795. The molecular weight excluding hydrogens is 765 g/mol. The second kappa shape index (κ2) is 20.4. The monoisotopic (exact) mass is 818 g/mol. The molecule has 0 aliphatic carbocycles. The minimum absolute atomic E-state index is 0.898. The first-order valence-corrected chi connectivity index (χ1v) is 23.3. The number of hydrogen-bond acceptors (Lipinski definition) is 4. The van der Waals surface area contributed by atoms with Crippen LogP contribution in [0.25, 0.3) is 12.2 Å². The second-order valence-corrected chi connectivity index (χ2v) is 17.3. The first-order chi connectivity index (χ1) is 29.6. The molecule has 0 radical (unpaired) electrons. The number of nitrogens with zero attached hydrogens (tertiary/aromatic N) is 2. The molecule has 0 saturated heterocycles. The largest absolute Gasteiger partial charge is 0.302 e. The van der Waals surface area contributed by atoms with Gasteiger partial charge >= 0.3 is 0 Å². The van der Waals surface area contributed by atoms with Crippen molar-refractivity contribution in [2.24, 2.45) is 0 Å². The van der Waals surface area contributed by atoms with Crippen molar-refractivity contribution >= 4 is 67.6 Å². The summed E-state index contributed by atoms with van der Waals surface area (Å²) in [6, 6.07) is 62.6. The SMILES string of the molecule is CCCCc1ccc(N(c2ccc(C=Cc3ccc(N(c4ccc(CCCC)cc4)c4sccc4Cc4ccccc4)cc3)cc2)c2sccc2Cc2ccccc2)cc1. The number of benzene rings is 6. The number of hydrogen-bond donors (Lipinski definition) is 0. The fourth-order valence-electron chi connectivity index (χ4n) is 7.76. The van der Waals surface area contributed by atoms with E-state index in [0.717, 1.165) is 37.1 Å². The smallest absolute Gasteiger partial charge is 0.104 e. The lowest BCUT2D eigenvalue weighted by atomic mass is 10.0. The van der Waals surface area contributed by atoms with Gasteiger partial charge in [0.05, 0.1) is 0 Å². The van der Waals surface area contributed by atoms with Gasteiger partial charge in [0, 0.05) is 35.6 Å². The molecule has 0 aliphatic heterocycles. The second-order valence-electron chi connectivity index (χ2n) is 15.6. The van der Waals surface area contributed by atoms with E-state index < -0.39 is 0 Å². The quantitative estimate of drug-likeness (QED) is 0.0796. The summed E-state index contributed by atoms with van der Waals surface area (Å²) >= 11 is 3.62. The third-order valence-electron chi connectivity index (χ3n) is 11.1. The van der Waals surface area contributed by atoms with Crippen molar-refractivity contribution in [2.75, 3.05) is 9.80 Å². The van der Waals surface area contributed by atoms with E-state index in [9.17, 15) is 0 Å². The Morgan fingerprint density at radius 1 is 0.383 bits per heavy atom. The van der Waals surface area contributed by atoms with Crippen LogP contribution in [0.15, 0.2) is 181 Å². The molecule has 0 amide bonds. The van der Waals surface area contributed by atoms with Gasteiger partial charge < -0.3 is 9.80 Å². The highest BCUT2D eigenvalue weighted by molar-refractivity contribution is 7.14. The van der Waals surface area contributed by atoms with Crippen LogP contribution < -0.4 is 9.80 Å². The molecule has 8 rings (SSSR count). The molecule has 0 unspecified atom stereocenters. The van der Waals surface area contributed by atoms with E-state index in [0.29, 0.717) is 0 Å². The highest BCUT2D eigenvalue weighted by atomic mass is 32.1. The number of rotatable bonds is 18. The van der Waals surface area contributed by atoms with Gasteiger partial charge in [-0.15, -0.1) is 22.7 Å². The lowest BCUT2D eigenvalue weighted by Crippen LogP contribution is -2.10. The molecule has 0 atom stereocenters. The molecule has 6 aromatic carbocycles. The molecule has 4 heteroatoms. The summed E-state index contributed by atoms with van der Waals surface area (Å²) in [5, 5.41) is 6.98. The van der Waals surface area contributed by atoms with Gasteiger partial charge in [-0.05, 0) is 142 Å². The Hall–Kier alpha value is -5.94. The van der Waals surface area contributed by atoms with Gasteiger partial charge in [-0.2, -0.15) is 0 Å². The van der Waals surface area contributed by atoms with E-state index in [-0.39, 0.29) is 0 Å². The Morgan fingerprint density at radius 2 is 0.733 bits per heavy atom. The fourth-order valence-corrected chi connectivity index (χ4v) is 9.70. The first kappa shape index (κ1) is 40.8. The fraction of sp³-hybridized carbons (Fsp3) is 0.179. The van der Waals surface area contributed by atoms with Crippen LogP contribution in [0.5, 0.6) is 0 Å². The Balaban J connectivity index is 1.04. The van der Waals surface area contributed by atoms with E-state index in [2.05, 4.69) is 216 Å². The van der Waals surface area contributed by atoms with Crippen molar-refractivity contribution in [3.05, 3.63) is 225 Å². The van der Waals surface area contributed by atoms with Crippen molar-refractivity contribution < 1.29 is 0 Å². The van der Waals surface area contributed by atoms with Crippen LogP contribution in [0.3, 0.4) is 0 Å². The molecule has 0 spiro atoms. The van der Waals surface area contributed by atoms with Crippen molar-refractivity contribution in [1.29, 1.82) is 0 Å². The molecule has 0 aliphatic rings. The molecule has 0 N–H and O–H groups in total. The minimum Gasteiger partial charge on any atom is -0.302 e. The van der Waals surface area contributed by atoms with Crippen molar-refractivity contribution in [3.8, 4) is 0 Å². The molecule has 0 fully saturated rings. The summed E-state index contributed by atoms with van der Waals surface area (Å²) in [5.41, 5.74) is 15.1. The summed E-state index contributed by atoms with van der Waals surface area (Å²) in [6.07, 6.45) is 13.3. The van der Waals surface area contributed by atoms with Gasteiger partial charge in [0.15, 0.2) is 0 Å².